The summed E-state index contributed by atoms with van der Waals surface area (Å²) in [6, 6.07) is 0. The average molecular weight is 155 g/mol. The summed E-state index contributed by atoms with van der Waals surface area (Å²) in [7, 11) is 0. The maximum Gasteiger partial charge on any atom is 0.0544 e. The molecule has 0 aromatic heterocycles. The molecule has 2 heteroatoms. The number of rotatable bonds is 1. The van der Waals surface area contributed by atoms with E-state index in [2.05, 4.69) is 13.8 Å². The third kappa shape index (κ3) is 0.744. The summed E-state index contributed by atoms with van der Waals surface area (Å²) in [6.45, 7) is 6.26. The van der Waals surface area contributed by atoms with Gasteiger partial charge in [0.05, 0.1) is 6.61 Å². The molecule has 2 fully saturated rings. The third-order valence-electron chi connectivity index (χ3n) is 3.80. The van der Waals surface area contributed by atoms with Gasteiger partial charge >= 0.3 is 0 Å². The molecule has 3 unspecified atom stereocenters. The van der Waals surface area contributed by atoms with Gasteiger partial charge in [-0.1, -0.05) is 13.8 Å². The highest BCUT2D eigenvalue weighted by molar-refractivity contribution is 5.22. The Morgan fingerprint density at radius 3 is 2.73 bits per heavy atom. The van der Waals surface area contributed by atoms with Crippen molar-refractivity contribution in [1.82, 2.24) is 0 Å². The summed E-state index contributed by atoms with van der Waals surface area (Å²) in [6.07, 6.45) is 2.28. The van der Waals surface area contributed by atoms with Gasteiger partial charge in [0.25, 0.3) is 0 Å². The summed E-state index contributed by atoms with van der Waals surface area (Å²) in [5.74, 6) is 0.674. The Labute approximate surface area is 68.1 Å². The second-order valence-electron chi connectivity index (χ2n) is 4.26. The van der Waals surface area contributed by atoms with Crippen molar-refractivity contribution in [2.75, 3.05) is 13.2 Å². The summed E-state index contributed by atoms with van der Waals surface area (Å²) in [4.78, 5) is 0. The SMILES string of the molecule is CCC1(N)CC12COCC2C. The molecular formula is C9H17NO. The molecular weight excluding hydrogens is 138 g/mol. The van der Waals surface area contributed by atoms with Gasteiger partial charge in [0.1, 0.15) is 0 Å². The van der Waals surface area contributed by atoms with Crippen LogP contribution in [0, 0.1) is 11.3 Å². The lowest BCUT2D eigenvalue weighted by Gasteiger charge is -2.18. The molecule has 0 radical (unpaired) electrons. The molecule has 0 bridgehead atoms. The highest BCUT2D eigenvalue weighted by Gasteiger charge is 2.68. The van der Waals surface area contributed by atoms with E-state index in [0.29, 0.717) is 11.3 Å². The zero-order chi connectivity index (χ0) is 8.11. The van der Waals surface area contributed by atoms with Crippen molar-refractivity contribution in [3.63, 3.8) is 0 Å². The molecule has 1 aliphatic carbocycles. The molecule has 1 aliphatic heterocycles. The van der Waals surface area contributed by atoms with Crippen LogP contribution < -0.4 is 5.73 Å². The van der Waals surface area contributed by atoms with Crippen molar-refractivity contribution in [3.8, 4) is 0 Å². The third-order valence-corrected chi connectivity index (χ3v) is 3.80. The molecule has 2 rings (SSSR count). The van der Waals surface area contributed by atoms with Gasteiger partial charge in [-0.3, -0.25) is 0 Å². The lowest BCUT2D eigenvalue weighted by Crippen LogP contribution is -2.33. The molecule has 2 nitrogen and oxygen atoms in total. The fraction of sp³-hybridized carbons (Fsp3) is 1.00. The summed E-state index contributed by atoms with van der Waals surface area (Å²) >= 11 is 0. The molecule has 1 spiro atoms. The molecule has 3 atom stereocenters. The lowest BCUT2D eigenvalue weighted by molar-refractivity contribution is 0.175. The summed E-state index contributed by atoms with van der Waals surface area (Å²) in [5, 5.41) is 0. The topological polar surface area (TPSA) is 35.2 Å². The Morgan fingerprint density at radius 1 is 1.64 bits per heavy atom. The van der Waals surface area contributed by atoms with Gasteiger partial charge in [-0.15, -0.1) is 0 Å². The van der Waals surface area contributed by atoms with Crippen LogP contribution in [-0.4, -0.2) is 18.8 Å². The van der Waals surface area contributed by atoms with Crippen LogP contribution in [0.1, 0.15) is 26.7 Å². The van der Waals surface area contributed by atoms with E-state index in [1.54, 1.807) is 0 Å². The van der Waals surface area contributed by atoms with Crippen LogP contribution in [-0.2, 0) is 4.74 Å². The quantitative estimate of drug-likeness (QED) is 0.616. The van der Waals surface area contributed by atoms with E-state index in [4.69, 9.17) is 10.5 Å². The van der Waals surface area contributed by atoms with Crippen LogP contribution in [0.3, 0.4) is 0 Å². The Kier molecular flexibility index (Phi) is 1.37. The van der Waals surface area contributed by atoms with Crippen LogP contribution in [0.25, 0.3) is 0 Å². The minimum atomic E-state index is 0.114. The number of nitrogens with two attached hydrogens (primary N) is 1. The van der Waals surface area contributed by atoms with Gasteiger partial charge in [0, 0.05) is 17.6 Å². The fourth-order valence-electron chi connectivity index (χ4n) is 2.58. The largest absolute Gasteiger partial charge is 0.380 e. The molecule has 11 heavy (non-hydrogen) atoms. The maximum atomic E-state index is 6.20. The molecule has 64 valence electrons. The Balaban J connectivity index is 2.16. The van der Waals surface area contributed by atoms with Crippen molar-refractivity contribution < 1.29 is 4.74 Å². The predicted octanol–water partition coefficient (Wildman–Crippen LogP) is 1.15. The standard InChI is InChI=1S/C9H17NO/c1-3-9(10)5-8(9)6-11-4-7(8)2/h7H,3-6,10H2,1-2H3. The lowest BCUT2D eigenvalue weighted by atomic mass is 9.88. The fourth-order valence-corrected chi connectivity index (χ4v) is 2.58. The van der Waals surface area contributed by atoms with Crippen LogP contribution >= 0.6 is 0 Å². The zero-order valence-electron chi connectivity index (χ0n) is 7.39. The first-order chi connectivity index (χ1) is 5.15. The van der Waals surface area contributed by atoms with E-state index in [-0.39, 0.29) is 5.54 Å². The molecule has 0 aromatic rings. The minimum Gasteiger partial charge on any atom is -0.380 e. The molecule has 1 saturated heterocycles. The van der Waals surface area contributed by atoms with Crippen LogP contribution in [0.4, 0.5) is 0 Å². The average Bonchev–Trinajstić information content (AvgIpc) is 2.42. The van der Waals surface area contributed by atoms with Crippen molar-refractivity contribution in [2.24, 2.45) is 17.1 Å². The Bertz CT molecular complexity index is 182. The number of ether oxygens (including phenoxy) is 1. The van der Waals surface area contributed by atoms with Crippen molar-refractivity contribution in [3.05, 3.63) is 0 Å². The van der Waals surface area contributed by atoms with Gasteiger partial charge in [-0.25, -0.2) is 0 Å². The minimum absolute atomic E-state index is 0.114. The Hall–Kier alpha value is -0.0800. The van der Waals surface area contributed by atoms with E-state index in [0.717, 1.165) is 19.6 Å². The van der Waals surface area contributed by atoms with Gasteiger partial charge in [0.15, 0.2) is 0 Å². The summed E-state index contributed by atoms with van der Waals surface area (Å²) < 4.78 is 5.45. The van der Waals surface area contributed by atoms with Crippen LogP contribution in [0.2, 0.25) is 0 Å². The predicted molar refractivity (Wildman–Crippen MR) is 44.2 cm³/mol. The molecule has 2 N–H and O–H groups in total. The number of hydrogen-bond acceptors (Lipinski definition) is 2. The van der Waals surface area contributed by atoms with Crippen molar-refractivity contribution in [2.45, 2.75) is 32.2 Å². The van der Waals surface area contributed by atoms with E-state index >= 15 is 0 Å². The van der Waals surface area contributed by atoms with E-state index < -0.39 is 0 Å². The number of hydrogen-bond donors (Lipinski definition) is 1. The van der Waals surface area contributed by atoms with Gasteiger partial charge in [-0.05, 0) is 18.8 Å². The van der Waals surface area contributed by atoms with E-state index in [9.17, 15) is 0 Å². The second-order valence-corrected chi connectivity index (χ2v) is 4.26. The van der Waals surface area contributed by atoms with Crippen molar-refractivity contribution >= 4 is 0 Å². The van der Waals surface area contributed by atoms with E-state index in [1.165, 1.54) is 6.42 Å². The first-order valence-corrected chi connectivity index (χ1v) is 4.51. The van der Waals surface area contributed by atoms with Crippen LogP contribution in [0.5, 0.6) is 0 Å². The molecule has 0 amide bonds. The van der Waals surface area contributed by atoms with Crippen molar-refractivity contribution in [1.29, 1.82) is 0 Å². The van der Waals surface area contributed by atoms with Gasteiger partial charge in [-0.2, -0.15) is 0 Å². The zero-order valence-corrected chi connectivity index (χ0v) is 7.39. The first-order valence-electron chi connectivity index (χ1n) is 4.51. The van der Waals surface area contributed by atoms with E-state index in [1.807, 2.05) is 0 Å². The van der Waals surface area contributed by atoms with Gasteiger partial charge < -0.3 is 10.5 Å². The first kappa shape index (κ1) is 7.56. The second kappa shape index (κ2) is 1.99. The molecule has 2 aliphatic rings. The maximum absolute atomic E-state index is 6.20. The van der Waals surface area contributed by atoms with Gasteiger partial charge in [0.2, 0.25) is 0 Å². The normalized spacial score (nSPS) is 55.4. The monoisotopic (exact) mass is 155 g/mol. The smallest absolute Gasteiger partial charge is 0.0544 e. The Morgan fingerprint density at radius 2 is 2.36 bits per heavy atom. The van der Waals surface area contributed by atoms with Crippen LogP contribution in [0.15, 0.2) is 0 Å². The highest BCUT2D eigenvalue weighted by Crippen LogP contribution is 2.63. The highest BCUT2D eigenvalue weighted by atomic mass is 16.5. The molecule has 0 aromatic carbocycles. The summed E-state index contributed by atoms with van der Waals surface area (Å²) in [5.41, 5.74) is 6.67. The molecule has 1 saturated carbocycles. The molecule has 1 heterocycles.